The van der Waals surface area contributed by atoms with Crippen LogP contribution < -0.4 is 16.0 Å². The zero-order valence-electron chi connectivity index (χ0n) is 11.1. The molecule has 3 rings (SSSR count). The van der Waals surface area contributed by atoms with Crippen LogP contribution in [0.3, 0.4) is 0 Å². The van der Waals surface area contributed by atoms with Gasteiger partial charge in [-0.3, -0.25) is 4.79 Å². The molecule has 2 aromatic rings. The second kappa shape index (κ2) is 5.95. The molecule has 0 aromatic carbocycles. The molecule has 3 N–H and O–H groups in total. The lowest BCUT2D eigenvalue weighted by atomic mass is 10.3. The summed E-state index contributed by atoms with van der Waals surface area (Å²) in [4.78, 5) is 17.1. The van der Waals surface area contributed by atoms with E-state index in [-0.39, 0.29) is 12.5 Å². The Morgan fingerprint density at radius 3 is 3.10 bits per heavy atom. The molecule has 1 atom stereocenters. The van der Waals surface area contributed by atoms with Crippen LogP contribution in [-0.2, 0) is 11.2 Å². The molecule has 2 aromatic heterocycles. The molecule has 0 aliphatic carbocycles. The van der Waals surface area contributed by atoms with E-state index < -0.39 is 5.91 Å². The topological polar surface area (TPSA) is 123 Å². The minimum atomic E-state index is -0.404. The molecule has 0 saturated carbocycles. The Morgan fingerprint density at radius 2 is 2.33 bits per heavy atom. The number of nitrogens with one attached hydrogen (secondary N) is 1. The van der Waals surface area contributed by atoms with Crippen molar-refractivity contribution < 1.29 is 4.79 Å². The van der Waals surface area contributed by atoms with E-state index >= 15 is 0 Å². The van der Waals surface area contributed by atoms with E-state index in [4.69, 9.17) is 5.73 Å². The summed E-state index contributed by atoms with van der Waals surface area (Å²) in [5, 5.41) is 20.4. The molecular formula is C11H14N8OS. The van der Waals surface area contributed by atoms with Gasteiger partial charge in [-0.15, -0.1) is 15.3 Å². The predicted molar refractivity (Wildman–Crippen MR) is 76.9 cm³/mol. The average Bonchev–Trinajstić information content (AvgIpc) is 3.09. The number of carbonyl (C=O) groups excluding carboxylic acids is 1. The van der Waals surface area contributed by atoms with E-state index in [0.29, 0.717) is 16.1 Å². The SMILES string of the molecule is NC(=O)Cc1nnc(N[C@@H]2CCN(c3nccnn3)C2)s1. The van der Waals surface area contributed by atoms with E-state index in [2.05, 4.69) is 35.6 Å². The first-order valence-corrected chi connectivity index (χ1v) is 7.28. The van der Waals surface area contributed by atoms with Gasteiger partial charge >= 0.3 is 0 Å². The Bertz CT molecular complexity index is 618. The van der Waals surface area contributed by atoms with Gasteiger partial charge in [0.05, 0.1) is 18.8 Å². The monoisotopic (exact) mass is 306 g/mol. The Labute approximate surface area is 124 Å². The van der Waals surface area contributed by atoms with Crippen molar-refractivity contribution in [2.24, 2.45) is 5.73 Å². The third-order valence-corrected chi connectivity index (χ3v) is 3.92. The van der Waals surface area contributed by atoms with Crippen molar-refractivity contribution in [3.63, 3.8) is 0 Å². The van der Waals surface area contributed by atoms with Gasteiger partial charge < -0.3 is 16.0 Å². The molecule has 0 radical (unpaired) electrons. The van der Waals surface area contributed by atoms with Crippen molar-refractivity contribution in [3.8, 4) is 0 Å². The number of hydrogen-bond acceptors (Lipinski definition) is 9. The molecule has 3 heterocycles. The van der Waals surface area contributed by atoms with Crippen molar-refractivity contribution in [3.05, 3.63) is 17.4 Å². The average molecular weight is 306 g/mol. The molecule has 21 heavy (non-hydrogen) atoms. The summed E-state index contributed by atoms with van der Waals surface area (Å²) in [5.74, 6) is 0.229. The lowest BCUT2D eigenvalue weighted by Crippen LogP contribution is -2.27. The van der Waals surface area contributed by atoms with Crippen LogP contribution in [0.15, 0.2) is 12.4 Å². The fraction of sp³-hybridized carbons (Fsp3) is 0.455. The van der Waals surface area contributed by atoms with E-state index in [0.717, 1.165) is 19.5 Å². The summed E-state index contributed by atoms with van der Waals surface area (Å²) >= 11 is 1.35. The fourth-order valence-corrected chi connectivity index (χ4v) is 2.98. The molecule has 1 amide bonds. The zero-order valence-corrected chi connectivity index (χ0v) is 12.0. The minimum Gasteiger partial charge on any atom is -0.369 e. The molecule has 1 aliphatic rings. The van der Waals surface area contributed by atoms with Gasteiger partial charge in [0.2, 0.25) is 17.0 Å². The quantitative estimate of drug-likeness (QED) is 0.753. The van der Waals surface area contributed by atoms with Gasteiger partial charge in [0.15, 0.2) is 0 Å². The maximum Gasteiger partial charge on any atom is 0.245 e. The van der Waals surface area contributed by atoms with Gasteiger partial charge in [-0.2, -0.15) is 5.10 Å². The van der Waals surface area contributed by atoms with Gasteiger partial charge in [-0.05, 0) is 6.42 Å². The first kappa shape index (κ1) is 13.6. The largest absolute Gasteiger partial charge is 0.369 e. The minimum absolute atomic E-state index is 0.125. The van der Waals surface area contributed by atoms with Crippen LogP contribution in [0.25, 0.3) is 0 Å². The van der Waals surface area contributed by atoms with Crippen LogP contribution in [-0.4, -0.2) is 50.4 Å². The van der Waals surface area contributed by atoms with Gasteiger partial charge in [0.25, 0.3) is 0 Å². The maximum atomic E-state index is 10.8. The molecule has 110 valence electrons. The highest BCUT2D eigenvalue weighted by Gasteiger charge is 2.25. The number of hydrogen-bond donors (Lipinski definition) is 2. The molecule has 1 saturated heterocycles. The van der Waals surface area contributed by atoms with Crippen molar-refractivity contribution in [1.29, 1.82) is 0 Å². The Hall–Kier alpha value is -2.36. The van der Waals surface area contributed by atoms with Crippen LogP contribution >= 0.6 is 11.3 Å². The van der Waals surface area contributed by atoms with Crippen molar-refractivity contribution in [2.75, 3.05) is 23.3 Å². The molecule has 1 aliphatic heterocycles. The summed E-state index contributed by atoms with van der Waals surface area (Å²) < 4.78 is 0. The molecule has 1 fully saturated rings. The summed E-state index contributed by atoms with van der Waals surface area (Å²) in [6.45, 7) is 1.63. The maximum absolute atomic E-state index is 10.8. The van der Waals surface area contributed by atoms with Gasteiger partial charge in [-0.1, -0.05) is 11.3 Å². The molecular weight excluding hydrogens is 292 g/mol. The summed E-state index contributed by atoms with van der Waals surface area (Å²) in [7, 11) is 0. The van der Waals surface area contributed by atoms with Crippen LogP contribution in [0.5, 0.6) is 0 Å². The Morgan fingerprint density at radius 1 is 1.43 bits per heavy atom. The van der Waals surface area contributed by atoms with E-state index in [1.165, 1.54) is 11.3 Å². The third kappa shape index (κ3) is 3.40. The lowest BCUT2D eigenvalue weighted by Gasteiger charge is -2.15. The zero-order chi connectivity index (χ0) is 14.7. The molecule has 0 spiro atoms. The number of aromatic nitrogens is 5. The van der Waals surface area contributed by atoms with E-state index in [1.54, 1.807) is 12.4 Å². The fourth-order valence-electron chi connectivity index (χ4n) is 2.15. The van der Waals surface area contributed by atoms with Crippen LogP contribution in [0.2, 0.25) is 0 Å². The smallest absolute Gasteiger partial charge is 0.245 e. The highest BCUT2D eigenvalue weighted by molar-refractivity contribution is 7.15. The van der Waals surface area contributed by atoms with E-state index in [1.807, 2.05) is 0 Å². The highest BCUT2D eigenvalue weighted by Crippen LogP contribution is 2.21. The van der Waals surface area contributed by atoms with Gasteiger partial charge in [0, 0.05) is 19.1 Å². The standard InChI is InChI=1S/C11H14N8OS/c12-8(20)5-9-16-18-11(21-9)15-7-1-4-19(6-7)10-13-2-3-14-17-10/h2-3,7H,1,4-6H2,(H2,12,20)(H,15,18)/t7-/m1/s1. The summed E-state index contributed by atoms with van der Waals surface area (Å²) in [6, 6.07) is 0.239. The number of nitrogens with two attached hydrogens (primary N) is 1. The number of amides is 1. The molecule has 0 unspecified atom stereocenters. The first-order chi connectivity index (χ1) is 10.2. The van der Waals surface area contributed by atoms with Crippen LogP contribution in [0.1, 0.15) is 11.4 Å². The normalized spacial score (nSPS) is 17.9. The number of anilines is 2. The van der Waals surface area contributed by atoms with E-state index in [9.17, 15) is 4.79 Å². The molecule has 0 bridgehead atoms. The van der Waals surface area contributed by atoms with Gasteiger partial charge in [-0.25, -0.2) is 4.98 Å². The van der Waals surface area contributed by atoms with Crippen LogP contribution in [0.4, 0.5) is 11.1 Å². The first-order valence-electron chi connectivity index (χ1n) is 6.46. The number of primary amides is 1. The predicted octanol–water partition coefficient (Wildman–Crippen LogP) is -0.558. The van der Waals surface area contributed by atoms with Crippen LogP contribution in [0, 0.1) is 0 Å². The third-order valence-electron chi connectivity index (χ3n) is 3.06. The molecule has 10 heteroatoms. The highest BCUT2D eigenvalue weighted by atomic mass is 32.1. The van der Waals surface area contributed by atoms with Crippen molar-refractivity contribution in [2.45, 2.75) is 18.9 Å². The van der Waals surface area contributed by atoms with Crippen molar-refractivity contribution in [1.82, 2.24) is 25.4 Å². The van der Waals surface area contributed by atoms with Crippen molar-refractivity contribution >= 4 is 28.3 Å². The van der Waals surface area contributed by atoms with Gasteiger partial charge in [0.1, 0.15) is 5.01 Å². The second-order valence-corrected chi connectivity index (χ2v) is 5.72. The Kier molecular flexibility index (Phi) is 3.86. The summed E-state index contributed by atoms with van der Waals surface area (Å²) in [6.07, 6.45) is 4.25. The molecule has 9 nitrogen and oxygen atoms in total. The number of carbonyl (C=O) groups is 1. The Balaban J connectivity index is 1.57. The number of rotatable bonds is 5. The summed E-state index contributed by atoms with van der Waals surface area (Å²) in [5.41, 5.74) is 5.13. The lowest BCUT2D eigenvalue weighted by molar-refractivity contribution is -0.117. The number of nitrogens with zero attached hydrogens (tertiary/aromatic N) is 6. The second-order valence-electron chi connectivity index (χ2n) is 4.66.